The molecule has 0 aromatic carbocycles. The van der Waals surface area contributed by atoms with Crippen LogP contribution in [0.25, 0.3) is 0 Å². The standard InChI is InChI=1S/C21H42O4/c1-2-3-4-5-6-7-8-9-10-11-12-13-14-15-19(18-21(24)25)20(23)16-17-22/h19-20,22-23H,2-18H2,1H3,(H,24,25). The second kappa shape index (κ2) is 18.2. The molecular formula is C21H42O4. The number of hydrogen-bond donors (Lipinski definition) is 3. The lowest BCUT2D eigenvalue weighted by atomic mass is 9.90. The van der Waals surface area contributed by atoms with Crippen molar-refractivity contribution in [1.82, 2.24) is 0 Å². The Labute approximate surface area is 155 Å². The molecule has 150 valence electrons. The molecule has 0 heterocycles. The van der Waals surface area contributed by atoms with Crippen LogP contribution < -0.4 is 0 Å². The molecule has 0 spiro atoms. The zero-order valence-corrected chi connectivity index (χ0v) is 16.4. The molecule has 0 amide bonds. The monoisotopic (exact) mass is 358 g/mol. The summed E-state index contributed by atoms with van der Waals surface area (Å²) in [5.74, 6) is -1.09. The van der Waals surface area contributed by atoms with Gasteiger partial charge in [0.1, 0.15) is 0 Å². The van der Waals surface area contributed by atoms with Crippen LogP contribution in [-0.4, -0.2) is 34.0 Å². The molecule has 0 radical (unpaired) electrons. The van der Waals surface area contributed by atoms with E-state index in [0.29, 0.717) is 0 Å². The lowest BCUT2D eigenvalue weighted by Crippen LogP contribution is -2.24. The lowest BCUT2D eigenvalue weighted by molar-refractivity contribution is -0.139. The molecule has 0 fully saturated rings. The predicted octanol–water partition coefficient (Wildman–Crippen LogP) is 5.30. The van der Waals surface area contributed by atoms with E-state index in [9.17, 15) is 9.90 Å². The van der Waals surface area contributed by atoms with E-state index in [2.05, 4.69) is 6.92 Å². The molecule has 4 heteroatoms. The van der Waals surface area contributed by atoms with E-state index in [1.807, 2.05) is 0 Å². The molecule has 2 unspecified atom stereocenters. The first-order valence-corrected chi connectivity index (χ1v) is 10.6. The second-order valence-electron chi connectivity index (χ2n) is 7.47. The topological polar surface area (TPSA) is 77.8 Å². The Bertz CT molecular complexity index is 294. The second-order valence-corrected chi connectivity index (χ2v) is 7.47. The maximum absolute atomic E-state index is 10.9. The molecule has 2 atom stereocenters. The van der Waals surface area contributed by atoms with Crippen LogP contribution >= 0.6 is 0 Å². The Hall–Kier alpha value is -0.610. The van der Waals surface area contributed by atoms with Crippen LogP contribution in [-0.2, 0) is 4.79 Å². The van der Waals surface area contributed by atoms with Crippen molar-refractivity contribution in [1.29, 1.82) is 0 Å². The molecule has 0 saturated carbocycles. The molecular weight excluding hydrogens is 316 g/mol. The van der Waals surface area contributed by atoms with Gasteiger partial charge in [-0.15, -0.1) is 0 Å². The highest BCUT2D eigenvalue weighted by atomic mass is 16.4. The molecule has 0 saturated heterocycles. The number of carbonyl (C=O) groups is 1. The van der Waals surface area contributed by atoms with Crippen LogP contribution in [0.3, 0.4) is 0 Å². The van der Waals surface area contributed by atoms with Gasteiger partial charge in [0.2, 0.25) is 0 Å². The summed E-state index contributed by atoms with van der Waals surface area (Å²) >= 11 is 0. The quantitative estimate of drug-likeness (QED) is 0.274. The minimum Gasteiger partial charge on any atom is -0.481 e. The van der Waals surface area contributed by atoms with Crippen molar-refractivity contribution in [2.24, 2.45) is 5.92 Å². The van der Waals surface area contributed by atoms with Gasteiger partial charge in [-0.05, 0) is 18.8 Å². The summed E-state index contributed by atoms with van der Waals surface area (Å²) in [4.78, 5) is 10.9. The van der Waals surface area contributed by atoms with Crippen molar-refractivity contribution in [3.05, 3.63) is 0 Å². The number of aliphatic hydroxyl groups is 2. The predicted molar refractivity (Wildman–Crippen MR) is 104 cm³/mol. The van der Waals surface area contributed by atoms with Gasteiger partial charge < -0.3 is 15.3 Å². The number of aliphatic hydroxyl groups excluding tert-OH is 2. The Morgan fingerprint density at radius 2 is 1.20 bits per heavy atom. The normalized spacial score (nSPS) is 13.7. The van der Waals surface area contributed by atoms with E-state index in [1.54, 1.807) is 0 Å². The Kier molecular flexibility index (Phi) is 17.7. The van der Waals surface area contributed by atoms with Crippen molar-refractivity contribution < 1.29 is 20.1 Å². The van der Waals surface area contributed by atoms with Crippen molar-refractivity contribution in [3.8, 4) is 0 Å². The highest BCUT2D eigenvalue weighted by molar-refractivity contribution is 5.67. The van der Waals surface area contributed by atoms with Gasteiger partial charge in [-0.3, -0.25) is 4.79 Å². The Balaban J connectivity index is 3.49. The molecule has 0 aromatic heterocycles. The third-order valence-electron chi connectivity index (χ3n) is 5.08. The SMILES string of the molecule is CCCCCCCCCCCCCCCC(CC(=O)O)C(O)CCO. The maximum atomic E-state index is 10.9. The van der Waals surface area contributed by atoms with Crippen LogP contribution in [0.2, 0.25) is 0 Å². The van der Waals surface area contributed by atoms with E-state index >= 15 is 0 Å². The number of rotatable bonds is 19. The number of carboxylic acids is 1. The van der Waals surface area contributed by atoms with Gasteiger partial charge in [0.05, 0.1) is 12.5 Å². The van der Waals surface area contributed by atoms with Crippen molar-refractivity contribution >= 4 is 5.97 Å². The molecule has 0 aliphatic carbocycles. The fourth-order valence-corrected chi connectivity index (χ4v) is 3.45. The van der Waals surface area contributed by atoms with Crippen molar-refractivity contribution in [2.45, 2.75) is 116 Å². The Morgan fingerprint density at radius 3 is 1.60 bits per heavy atom. The minimum atomic E-state index is -0.864. The number of carboxylic acid groups (broad SMARTS) is 1. The molecule has 25 heavy (non-hydrogen) atoms. The summed E-state index contributed by atoms with van der Waals surface area (Å²) in [7, 11) is 0. The van der Waals surface area contributed by atoms with E-state index < -0.39 is 12.1 Å². The molecule has 0 bridgehead atoms. The summed E-state index contributed by atoms with van der Waals surface area (Å²) in [5.41, 5.74) is 0. The zero-order chi connectivity index (χ0) is 18.8. The van der Waals surface area contributed by atoms with Gasteiger partial charge in [-0.1, -0.05) is 90.4 Å². The highest BCUT2D eigenvalue weighted by Gasteiger charge is 2.21. The first-order valence-electron chi connectivity index (χ1n) is 10.6. The fourth-order valence-electron chi connectivity index (χ4n) is 3.45. The largest absolute Gasteiger partial charge is 0.481 e. The molecule has 0 rings (SSSR count). The van der Waals surface area contributed by atoms with Gasteiger partial charge >= 0.3 is 5.97 Å². The third kappa shape index (κ3) is 16.6. The number of aliphatic carboxylic acids is 1. The Morgan fingerprint density at radius 1 is 0.760 bits per heavy atom. The maximum Gasteiger partial charge on any atom is 0.303 e. The summed E-state index contributed by atoms with van der Waals surface area (Å²) in [6, 6.07) is 0. The highest BCUT2D eigenvalue weighted by Crippen LogP contribution is 2.21. The van der Waals surface area contributed by atoms with Gasteiger partial charge in [-0.25, -0.2) is 0 Å². The van der Waals surface area contributed by atoms with Crippen LogP contribution in [0, 0.1) is 5.92 Å². The molecule has 4 nitrogen and oxygen atoms in total. The fraction of sp³-hybridized carbons (Fsp3) is 0.952. The summed E-state index contributed by atoms with van der Waals surface area (Å²) in [6.45, 7) is 2.17. The molecule has 0 aliphatic rings. The first kappa shape index (κ1) is 24.4. The van der Waals surface area contributed by atoms with Crippen molar-refractivity contribution in [2.75, 3.05) is 6.61 Å². The van der Waals surface area contributed by atoms with Gasteiger partial charge in [0.25, 0.3) is 0 Å². The van der Waals surface area contributed by atoms with Gasteiger partial charge in [0.15, 0.2) is 0 Å². The van der Waals surface area contributed by atoms with Gasteiger partial charge in [0, 0.05) is 6.61 Å². The smallest absolute Gasteiger partial charge is 0.303 e. The summed E-state index contributed by atoms with van der Waals surface area (Å²) in [5, 5.41) is 27.8. The van der Waals surface area contributed by atoms with Crippen LogP contribution in [0.15, 0.2) is 0 Å². The lowest BCUT2D eigenvalue weighted by Gasteiger charge is -2.20. The third-order valence-corrected chi connectivity index (χ3v) is 5.08. The average Bonchev–Trinajstić information content (AvgIpc) is 2.57. The van der Waals surface area contributed by atoms with E-state index in [1.165, 1.54) is 70.6 Å². The summed E-state index contributed by atoms with van der Waals surface area (Å²) < 4.78 is 0. The first-order chi connectivity index (χ1) is 12.1. The van der Waals surface area contributed by atoms with Crippen LogP contribution in [0.4, 0.5) is 0 Å². The summed E-state index contributed by atoms with van der Waals surface area (Å²) in [6.07, 6.45) is 17.1. The molecule has 3 N–H and O–H groups in total. The molecule has 0 aromatic rings. The number of hydrogen-bond acceptors (Lipinski definition) is 3. The van der Waals surface area contributed by atoms with E-state index in [4.69, 9.17) is 10.2 Å². The molecule has 0 aliphatic heterocycles. The van der Waals surface area contributed by atoms with Crippen molar-refractivity contribution in [3.63, 3.8) is 0 Å². The minimum absolute atomic E-state index is 0.000573. The van der Waals surface area contributed by atoms with E-state index in [-0.39, 0.29) is 25.4 Å². The zero-order valence-electron chi connectivity index (χ0n) is 16.4. The number of unbranched alkanes of at least 4 members (excludes halogenated alkanes) is 12. The van der Waals surface area contributed by atoms with Crippen LogP contribution in [0.5, 0.6) is 0 Å². The average molecular weight is 359 g/mol. The van der Waals surface area contributed by atoms with Crippen LogP contribution in [0.1, 0.15) is 110 Å². The van der Waals surface area contributed by atoms with Gasteiger partial charge in [-0.2, -0.15) is 0 Å². The van der Waals surface area contributed by atoms with E-state index in [0.717, 1.165) is 19.3 Å².